The topological polar surface area (TPSA) is 285 Å². The van der Waals surface area contributed by atoms with Crippen molar-refractivity contribution in [1.29, 1.82) is 0 Å². The van der Waals surface area contributed by atoms with Crippen molar-refractivity contribution in [3.05, 3.63) is 107 Å². The second kappa shape index (κ2) is 26.7. The Hall–Kier alpha value is -7.38. The lowest BCUT2D eigenvalue weighted by Crippen LogP contribution is -2.50. The minimum atomic E-state index is -1.09. The SMILES string of the molecule is CC[C@H](C)[C@H](NC(=O)c1[nH]cnc1C(=O)N[C@H](Cc1ccccc1)C(=O)NCCCCNC(=O)[C@@H](Cc1ccccc1)NC(=O)c1nc[nH]c1C(=O)N[C@H](C(=O)OC(C)(C)C)[C@@H](C)CC)C(=O)OC(C)(C)C. The number of H-pyrrole nitrogens is 2. The third-order valence-corrected chi connectivity index (χ3v) is 11.5. The highest BCUT2D eigenvalue weighted by atomic mass is 16.6. The number of aromatic amines is 2. The van der Waals surface area contributed by atoms with Crippen molar-refractivity contribution in [2.24, 2.45) is 11.8 Å². The number of nitrogens with zero attached hydrogens (tertiary/aromatic N) is 2. The molecule has 0 spiro atoms. The van der Waals surface area contributed by atoms with E-state index in [1.165, 1.54) is 12.7 Å². The summed E-state index contributed by atoms with van der Waals surface area (Å²) >= 11 is 0. The highest BCUT2D eigenvalue weighted by molar-refractivity contribution is 6.07. The molecular weight excluding hydrogens is 925 g/mol. The largest absolute Gasteiger partial charge is 0.458 e. The lowest BCUT2D eigenvalue weighted by molar-refractivity contribution is -0.159. The number of amides is 6. The first-order chi connectivity index (χ1) is 34.0. The molecule has 4 aromatic rings. The molecular formula is C52H72N10O10. The molecule has 6 atom stereocenters. The molecule has 8 N–H and O–H groups in total. The van der Waals surface area contributed by atoms with Gasteiger partial charge in [-0.3, -0.25) is 28.8 Å². The Labute approximate surface area is 421 Å². The van der Waals surface area contributed by atoms with E-state index >= 15 is 0 Å². The van der Waals surface area contributed by atoms with Crippen molar-refractivity contribution in [2.75, 3.05) is 13.1 Å². The quantitative estimate of drug-likeness (QED) is 0.0337. The molecule has 2 heterocycles. The van der Waals surface area contributed by atoms with Crippen molar-refractivity contribution in [1.82, 2.24) is 51.8 Å². The summed E-state index contributed by atoms with van der Waals surface area (Å²) in [5.41, 5.74) is -1.03. The molecule has 2 aromatic carbocycles. The third kappa shape index (κ3) is 17.8. The normalized spacial score (nSPS) is 14.0. The molecule has 0 aliphatic heterocycles. The first-order valence-electron chi connectivity index (χ1n) is 24.4. The van der Waals surface area contributed by atoms with Gasteiger partial charge in [0.2, 0.25) is 11.8 Å². The van der Waals surface area contributed by atoms with E-state index in [9.17, 15) is 38.4 Å². The summed E-state index contributed by atoms with van der Waals surface area (Å²) in [6.45, 7) is 18.0. The van der Waals surface area contributed by atoms with E-state index in [1.54, 1.807) is 79.7 Å². The molecule has 0 saturated carbocycles. The number of hydrogen-bond acceptors (Lipinski definition) is 12. The van der Waals surface area contributed by atoms with Crippen LogP contribution in [0, 0.1) is 11.8 Å². The predicted octanol–water partition coefficient (Wildman–Crippen LogP) is 4.50. The minimum absolute atomic E-state index is 0.110. The van der Waals surface area contributed by atoms with Gasteiger partial charge in [-0.25, -0.2) is 19.6 Å². The molecule has 2 aromatic heterocycles. The molecule has 0 aliphatic rings. The summed E-state index contributed by atoms with van der Waals surface area (Å²) in [7, 11) is 0. The van der Waals surface area contributed by atoms with Gasteiger partial charge in [-0.1, -0.05) is 101 Å². The van der Waals surface area contributed by atoms with Gasteiger partial charge in [-0.15, -0.1) is 0 Å². The maximum absolute atomic E-state index is 13.7. The van der Waals surface area contributed by atoms with Gasteiger partial charge in [0.05, 0.1) is 12.7 Å². The number of carbonyl (C=O) groups is 8. The smallest absolute Gasteiger partial charge is 0.329 e. The van der Waals surface area contributed by atoms with Crippen LogP contribution in [0.4, 0.5) is 0 Å². The first kappa shape index (κ1) is 57.2. The van der Waals surface area contributed by atoms with Gasteiger partial charge in [0.15, 0.2) is 11.4 Å². The zero-order chi connectivity index (χ0) is 53.2. The van der Waals surface area contributed by atoms with E-state index in [4.69, 9.17) is 9.47 Å². The van der Waals surface area contributed by atoms with Crippen molar-refractivity contribution < 1.29 is 47.8 Å². The van der Waals surface area contributed by atoms with Crippen LogP contribution in [0.25, 0.3) is 0 Å². The number of imidazole rings is 2. The summed E-state index contributed by atoms with van der Waals surface area (Å²) in [4.78, 5) is 122. The number of carbonyl (C=O) groups excluding carboxylic acids is 8. The number of rotatable bonds is 25. The molecule has 6 amide bonds. The summed E-state index contributed by atoms with van der Waals surface area (Å²) in [6, 6.07) is 13.9. The van der Waals surface area contributed by atoms with Gasteiger partial charge in [-0.2, -0.15) is 0 Å². The van der Waals surface area contributed by atoms with Crippen LogP contribution in [0.1, 0.15) is 148 Å². The van der Waals surface area contributed by atoms with Crippen LogP contribution in [-0.2, 0) is 41.5 Å². The lowest BCUT2D eigenvalue weighted by atomic mass is 9.98. The van der Waals surface area contributed by atoms with Gasteiger partial charge in [0, 0.05) is 25.9 Å². The average Bonchev–Trinajstić information content (AvgIpc) is 4.04. The van der Waals surface area contributed by atoms with Crippen LogP contribution < -0.4 is 31.9 Å². The Morgan fingerprint density at radius 3 is 1.19 bits per heavy atom. The van der Waals surface area contributed by atoms with Crippen molar-refractivity contribution in [3.63, 3.8) is 0 Å². The van der Waals surface area contributed by atoms with Crippen LogP contribution in [0.5, 0.6) is 0 Å². The van der Waals surface area contributed by atoms with Gasteiger partial charge in [0.1, 0.15) is 46.8 Å². The summed E-state index contributed by atoms with van der Waals surface area (Å²) in [5, 5.41) is 16.5. The molecule has 20 heteroatoms. The lowest BCUT2D eigenvalue weighted by Gasteiger charge is -2.27. The van der Waals surface area contributed by atoms with E-state index in [0.29, 0.717) is 25.7 Å². The third-order valence-electron chi connectivity index (χ3n) is 11.5. The van der Waals surface area contributed by atoms with E-state index in [-0.39, 0.29) is 60.5 Å². The number of aromatic nitrogens is 4. The fourth-order valence-electron chi connectivity index (χ4n) is 7.27. The Bertz CT molecular complexity index is 2290. The van der Waals surface area contributed by atoms with Gasteiger partial charge >= 0.3 is 11.9 Å². The zero-order valence-corrected chi connectivity index (χ0v) is 43.0. The molecule has 0 bridgehead atoms. The van der Waals surface area contributed by atoms with Gasteiger partial charge < -0.3 is 51.3 Å². The molecule has 4 rings (SSSR count). The molecule has 0 aliphatic carbocycles. The molecule has 0 fully saturated rings. The summed E-state index contributed by atoms with van der Waals surface area (Å²) in [6.07, 6.45) is 4.51. The fraction of sp³-hybridized carbons (Fsp3) is 0.500. The molecule has 72 heavy (non-hydrogen) atoms. The first-order valence-corrected chi connectivity index (χ1v) is 24.4. The molecule has 0 saturated heterocycles. The minimum Gasteiger partial charge on any atom is -0.458 e. The van der Waals surface area contributed by atoms with Crippen molar-refractivity contribution in [2.45, 2.75) is 143 Å². The number of benzene rings is 2. The molecule has 0 unspecified atom stereocenters. The van der Waals surface area contributed by atoms with Crippen molar-refractivity contribution >= 4 is 47.4 Å². The maximum atomic E-state index is 13.7. The number of hydrogen-bond donors (Lipinski definition) is 8. The average molecular weight is 997 g/mol. The molecule has 390 valence electrons. The van der Waals surface area contributed by atoms with Crippen LogP contribution in [-0.4, -0.2) is 116 Å². The standard InChI is InChI=1S/C52H72N10O10/c1-11-31(3)37(49(69)71-51(5,6)7)61-47(67)41-39(55-29-57-41)45(65)59-35(27-33-21-15-13-16-22-33)43(63)53-25-19-20-26-54-44(64)36(28-34-23-17-14-18-24-34)60-46(66)40-42(58-30-56-40)48(68)62-38(32(4)12-2)50(70)72-52(8,9)10/h13-18,21-24,29-32,35-38H,11-12,19-20,25-28H2,1-10H3,(H,53,63)(H,54,64)(H,55,57)(H,56,58)(H,59,65)(H,60,66)(H,61,67)(H,62,68)/t31-,32-,35+,36+,37-,38-/m0/s1. The van der Waals surface area contributed by atoms with Gasteiger partial charge in [0.25, 0.3) is 23.6 Å². The second-order valence-corrected chi connectivity index (χ2v) is 19.7. The molecule has 20 nitrogen and oxygen atoms in total. The van der Waals surface area contributed by atoms with Gasteiger partial charge in [-0.05, 0) is 77.3 Å². The van der Waals surface area contributed by atoms with Crippen molar-refractivity contribution in [3.8, 4) is 0 Å². The van der Waals surface area contributed by atoms with E-state index in [1.807, 2.05) is 50.2 Å². The Morgan fingerprint density at radius 2 is 0.875 bits per heavy atom. The predicted molar refractivity (Wildman–Crippen MR) is 268 cm³/mol. The Kier molecular flexibility index (Phi) is 21.2. The van der Waals surface area contributed by atoms with Crippen LogP contribution >= 0.6 is 0 Å². The monoisotopic (exact) mass is 997 g/mol. The Balaban J connectivity index is 1.38. The number of esters is 2. The number of nitrogens with one attached hydrogen (secondary N) is 8. The fourth-order valence-corrected chi connectivity index (χ4v) is 7.27. The number of ether oxygens (including phenoxy) is 2. The highest BCUT2D eigenvalue weighted by Gasteiger charge is 2.35. The highest BCUT2D eigenvalue weighted by Crippen LogP contribution is 2.18. The van der Waals surface area contributed by atoms with E-state index in [0.717, 1.165) is 11.1 Å². The van der Waals surface area contributed by atoms with Crippen LogP contribution in [0.3, 0.4) is 0 Å². The maximum Gasteiger partial charge on any atom is 0.329 e. The van der Waals surface area contributed by atoms with E-state index in [2.05, 4.69) is 51.8 Å². The zero-order valence-electron chi connectivity index (χ0n) is 43.0. The molecule has 0 radical (unpaired) electrons. The van der Waals surface area contributed by atoms with E-state index < -0.39 is 82.8 Å². The van der Waals surface area contributed by atoms with Crippen LogP contribution in [0.2, 0.25) is 0 Å². The van der Waals surface area contributed by atoms with Crippen LogP contribution in [0.15, 0.2) is 73.3 Å². The second-order valence-electron chi connectivity index (χ2n) is 19.7. The number of unbranched alkanes of at least 4 members (excludes halogenated alkanes) is 1. The summed E-state index contributed by atoms with van der Waals surface area (Å²) < 4.78 is 11.1. The summed E-state index contributed by atoms with van der Waals surface area (Å²) in [5.74, 6) is -5.93. The Morgan fingerprint density at radius 1 is 0.528 bits per heavy atom.